The van der Waals surface area contributed by atoms with Crippen LogP contribution in [0, 0.1) is 0 Å². The number of nitrogens with zero attached hydrogens (tertiary/aromatic N) is 2. The van der Waals surface area contributed by atoms with E-state index in [9.17, 15) is 8.42 Å². The largest absolute Gasteiger partial charge is 0.355 e. The molecule has 0 bridgehead atoms. The monoisotopic (exact) mass is 290 g/mol. The Morgan fingerprint density at radius 3 is 2.50 bits per heavy atom. The van der Waals surface area contributed by atoms with Crippen LogP contribution in [0.2, 0.25) is 0 Å². The van der Waals surface area contributed by atoms with Crippen LogP contribution in [0.4, 0.5) is 5.95 Å². The van der Waals surface area contributed by atoms with Gasteiger partial charge < -0.3 is 5.32 Å². The van der Waals surface area contributed by atoms with Crippen molar-refractivity contribution < 1.29 is 8.42 Å². The van der Waals surface area contributed by atoms with Gasteiger partial charge in [0.2, 0.25) is 16.0 Å². The van der Waals surface area contributed by atoms with Gasteiger partial charge in [-0.15, -0.1) is 0 Å². The zero-order valence-corrected chi connectivity index (χ0v) is 12.3. The lowest BCUT2D eigenvalue weighted by atomic mass is 10.4. The average Bonchev–Trinajstić information content (AvgIpc) is 2.29. The molecule has 1 atom stereocenters. The van der Waals surface area contributed by atoms with Crippen LogP contribution in [0.1, 0.15) is 13.8 Å². The van der Waals surface area contributed by atoms with Gasteiger partial charge in [-0.2, -0.15) is 11.8 Å². The van der Waals surface area contributed by atoms with Crippen molar-refractivity contribution in [2.24, 2.45) is 0 Å². The lowest BCUT2D eigenvalue weighted by molar-refractivity contribution is 0.570. The lowest BCUT2D eigenvalue weighted by Crippen LogP contribution is -2.34. The average molecular weight is 290 g/mol. The Labute approximate surface area is 112 Å². The van der Waals surface area contributed by atoms with Crippen molar-refractivity contribution in [3.63, 3.8) is 0 Å². The predicted octanol–water partition coefficient (Wildman–Crippen LogP) is 0.938. The molecule has 6 nitrogen and oxygen atoms in total. The molecule has 1 aromatic heterocycles. The summed E-state index contributed by atoms with van der Waals surface area (Å²) in [6.07, 6.45) is 4.54. The van der Waals surface area contributed by atoms with E-state index in [1.54, 1.807) is 11.8 Å². The molecule has 102 valence electrons. The Morgan fingerprint density at radius 2 is 2.00 bits per heavy atom. The van der Waals surface area contributed by atoms with Crippen molar-refractivity contribution >= 4 is 27.7 Å². The van der Waals surface area contributed by atoms with Crippen LogP contribution >= 0.6 is 11.8 Å². The SMILES string of the molecule is CCNc1ncc(S(=O)(=O)NC(C)CSC)cn1. The number of thioether (sulfide) groups is 1. The molecule has 1 heterocycles. The zero-order chi connectivity index (χ0) is 13.6. The molecule has 1 unspecified atom stereocenters. The molecule has 2 N–H and O–H groups in total. The highest BCUT2D eigenvalue weighted by Crippen LogP contribution is 2.09. The van der Waals surface area contributed by atoms with Crippen molar-refractivity contribution in [3.05, 3.63) is 12.4 Å². The summed E-state index contributed by atoms with van der Waals surface area (Å²) in [5.41, 5.74) is 0. The third-order valence-electron chi connectivity index (χ3n) is 2.05. The van der Waals surface area contributed by atoms with E-state index in [0.29, 0.717) is 12.5 Å². The number of rotatable bonds is 7. The van der Waals surface area contributed by atoms with Crippen LogP contribution in [0.5, 0.6) is 0 Å². The Bertz CT molecular complexity index is 461. The third-order valence-corrected chi connectivity index (χ3v) is 4.42. The number of sulfonamides is 1. The van der Waals surface area contributed by atoms with Gasteiger partial charge in [-0.1, -0.05) is 0 Å². The number of hydrogen-bond acceptors (Lipinski definition) is 6. The number of hydrogen-bond donors (Lipinski definition) is 2. The van der Waals surface area contributed by atoms with Gasteiger partial charge in [-0.3, -0.25) is 0 Å². The molecule has 0 saturated heterocycles. The molecule has 0 amide bonds. The number of anilines is 1. The fourth-order valence-corrected chi connectivity index (χ4v) is 3.14. The fraction of sp³-hybridized carbons (Fsp3) is 0.600. The maximum atomic E-state index is 12.0. The van der Waals surface area contributed by atoms with Crippen molar-refractivity contribution in [1.29, 1.82) is 0 Å². The summed E-state index contributed by atoms with van der Waals surface area (Å²) in [7, 11) is -3.53. The Balaban J connectivity index is 2.78. The first kappa shape index (κ1) is 15.2. The third kappa shape index (κ3) is 4.43. The van der Waals surface area contributed by atoms with E-state index in [1.165, 1.54) is 12.4 Å². The molecular formula is C10H18N4O2S2. The predicted molar refractivity (Wildman–Crippen MR) is 74.4 cm³/mol. The van der Waals surface area contributed by atoms with Crippen molar-refractivity contribution in [1.82, 2.24) is 14.7 Å². The molecule has 0 aliphatic rings. The second kappa shape index (κ2) is 6.91. The van der Waals surface area contributed by atoms with Gasteiger partial charge in [-0.05, 0) is 20.1 Å². The van der Waals surface area contributed by atoms with E-state index in [2.05, 4.69) is 20.0 Å². The lowest BCUT2D eigenvalue weighted by Gasteiger charge is -2.12. The summed E-state index contributed by atoms with van der Waals surface area (Å²) in [6, 6.07) is -0.126. The molecule has 1 aromatic rings. The van der Waals surface area contributed by atoms with E-state index in [1.807, 2.05) is 20.1 Å². The molecular weight excluding hydrogens is 272 g/mol. The molecule has 0 aliphatic heterocycles. The van der Waals surface area contributed by atoms with Gasteiger partial charge in [0.25, 0.3) is 0 Å². The Morgan fingerprint density at radius 1 is 1.39 bits per heavy atom. The molecule has 0 fully saturated rings. The molecule has 0 radical (unpaired) electrons. The Hall–Kier alpha value is -0.860. The first-order valence-electron chi connectivity index (χ1n) is 5.56. The molecule has 8 heteroatoms. The fourth-order valence-electron chi connectivity index (χ4n) is 1.32. The molecule has 1 rings (SSSR count). The summed E-state index contributed by atoms with van der Waals surface area (Å²) in [5, 5.41) is 2.91. The normalized spacial score (nSPS) is 13.3. The standard InChI is InChI=1S/C10H18N4O2S2/c1-4-11-10-12-5-9(6-13-10)18(15,16)14-8(2)7-17-3/h5-6,8,14H,4,7H2,1-3H3,(H,11,12,13). The van der Waals surface area contributed by atoms with Crippen LogP contribution in [0.3, 0.4) is 0 Å². The quantitative estimate of drug-likeness (QED) is 0.777. The van der Waals surface area contributed by atoms with E-state index < -0.39 is 10.0 Å². The van der Waals surface area contributed by atoms with Gasteiger partial charge in [0.05, 0.1) is 12.4 Å². The van der Waals surface area contributed by atoms with E-state index in [0.717, 1.165) is 5.75 Å². The van der Waals surface area contributed by atoms with Gasteiger partial charge in [0.15, 0.2) is 0 Å². The number of nitrogens with one attached hydrogen (secondary N) is 2. The van der Waals surface area contributed by atoms with Crippen LogP contribution in [0.15, 0.2) is 17.3 Å². The molecule has 18 heavy (non-hydrogen) atoms. The van der Waals surface area contributed by atoms with Crippen molar-refractivity contribution in [2.45, 2.75) is 24.8 Å². The minimum atomic E-state index is -3.53. The second-order valence-corrected chi connectivity index (χ2v) is 6.38. The van der Waals surface area contributed by atoms with Gasteiger partial charge in [0, 0.05) is 18.3 Å². The highest BCUT2D eigenvalue weighted by Gasteiger charge is 2.17. The van der Waals surface area contributed by atoms with Gasteiger partial charge in [0.1, 0.15) is 4.90 Å². The van der Waals surface area contributed by atoms with E-state index >= 15 is 0 Å². The summed E-state index contributed by atoms with van der Waals surface area (Å²) in [4.78, 5) is 7.96. The maximum Gasteiger partial charge on any atom is 0.243 e. The van der Waals surface area contributed by atoms with Crippen LogP contribution in [0.25, 0.3) is 0 Å². The van der Waals surface area contributed by atoms with Crippen LogP contribution in [-0.4, -0.2) is 43.0 Å². The maximum absolute atomic E-state index is 12.0. The minimum Gasteiger partial charge on any atom is -0.355 e. The Kier molecular flexibility index (Phi) is 5.83. The molecule has 0 spiro atoms. The second-order valence-electron chi connectivity index (χ2n) is 3.75. The van der Waals surface area contributed by atoms with Crippen LogP contribution < -0.4 is 10.0 Å². The summed E-state index contributed by atoms with van der Waals surface area (Å²) >= 11 is 1.59. The van der Waals surface area contributed by atoms with Gasteiger partial charge in [-0.25, -0.2) is 23.1 Å². The number of aromatic nitrogens is 2. The van der Waals surface area contributed by atoms with E-state index in [4.69, 9.17) is 0 Å². The molecule has 0 saturated carbocycles. The first-order valence-corrected chi connectivity index (χ1v) is 8.44. The zero-order valence-electron chi connectivity index (χ0n) is 10.7. The summed E-state index contributed by atoms with van der Waals surface area (Å²) < 4.78 is 26.5. The molecule has 0 aromatic carbocycles. The van der Waals surface area contributed by atoms with E-state index in [-0.39, 0.29) is 10.9 Å². The summed E-state index contributed by atoms with van der Waals surface area (Å²) in [5.74, 6) is 1.14. The van der Waals surface area contributed by atoms with Gasteiger partial charge >= 0.3 is 0 Å². The first-order chi connectivity index (χ1) is 8.49. The summed E-state index contributed by atoms with van der Waals surface area (Å²) in [6.45, 7) is 4.43. The van der Waals surface area contributed by atoms with Crippen molar-refractivity contribution in [3.8, 4) is 0 Å². The highest BCUT2D eigenvalue weighted by atomic mass is 32.2. The van der Waals surface area contributed by atoms with Crippen molar-refractivity contribution in [2.75, 3.05) is 23.9 Å². The topological polar surface area (TPSA) is 84.0 Å². The smallest absolute Gasteiger partial charge is 0.243 e. The minimum absolute atomic E-state index is 0.0807. The highest BCUT2D eigenvalue weighted by molar-refractivity contribution is 7.98. The van der Waals surface area contributed by atoms with Crippen LogP contribution in [-0.2, 0) is 10.0 Å². The molecule has 0 aliphatic carbocycles.